The Morgan fingerprint density at radius 2 is 1.68 bits per heavy atom. The molecule has 0 saturated carbocycles. The van der Waals surface area contributed by atoms with Crippen LogP contribution in [0.3, 0.4) is 0 Å². The van der Waals surface area contributed by atoms with Crippen LogP contribution < -0.4 is 15.0 Å². The van der Waals surface area contributed by atoms with Gasteiger partial charge >= 0.3 is 0 Å². The van der Waals surface area contributed by atoms with Crippen LogP contribution in [0.15, 0.2) is 60.7 Å². The molecular weight excluding hydrogens is 296 g/mol. The standard InChI is InChI=1S/C17H18N2O2S/c1-2-19(14-9-5-3-6-10-14)17(22)18-16(20)13-21-15-11-7-4-8-12-15/h3-12H,2,13H2,1H3,(H,18,20,22). The number of rotatable bonds is 5. The van der Waals surface area contributed by atoms with Crippen molar-refractivity contribution in [2.45, 2.75) is 6.92 Å². The van der Waals surface area contributed by atoms with E-state index in [2.05, 4.69) is 5.32 Å². The molecule has 2 aromatic carbocycles. The third-order valence-corrected chi connectivity index (χ3v) is 3.31. The number of amides is 1. The van der Waals surface area contributed by atoms with E-state index >= 15 is 0 Å². The van der Waals surface area contributed by atoms with Crippen LogP contribution in [0.25, 0.3) is 0 Å². The van der Waals surface area contributed by atoms with Crippen LogP contribution in [0.1, 0.15) is 6.92 Å². The molecule has 5 heteroatoms. The number of para-hydroxylation sites is 2. The maximum atomic E-state index is 11.9. The molecule has 0 aliphatic carbocycles. The zero-order chi connectivity index (χ0) is 15.8. The van der Waals surface area contributed by atoms with Crippen molar-refractivity contribution in [3.63, 3.8) is 0 Å². The molecule has 0 atom stereocenters. The number of thiocarbonyl (C=S) groups is 1. The van der Waals surface area contributed by atoms with Crippen molar-refractivity contribution < 1.29 is 9.53 Å². The maximum absolute atomic E-state index is 11.9. The highest BCUT2D eigenvalue weighted by atomic mass is 32.1. The Bertz CT molecular complexity index is 617. The third kappa shape index (κ3) is 4.56. The van der Waals surface area contributed by atoms with Gasteiger partial charge in [0.15, 0.2) is 11.7 Å². The number of carbonyl (C=O) groups excluding carboxylic acids is 1. The summed E-state index contributed by atoms with van der Waals surface area (Å²) in [6.45, 7) is 2.57. The molecule has 0 unspecified atom stereocenters. The lowest BCUT2D eigenvalue weighted by atomic mass is 10.3. The number of hydrogen-bond donors (Lipinski definition) is 1. The van der Waals surface area contributed by atoms with Crippen LogP contribution >= 0.6 is 12.2 Å². The maximum Gasteiger partial charge on any atom is 0.264 e. The largest absolute Gasteiger partial charge is 0.484 e. The molecule has 114 valence electrons. The van der Waals surface area contributed by atoms with Gasteiger partial charge in [-0.1, -0.05) is 36.4 Å². The van der Waals surface area contributed by atoms with Gasteiger partial charge in [0.1, 0.15) is 5.75 Å². The van der Waals surface area contributed by atoms with Gasteiger partial charge in [-0.15, -0.1) is 0 Å². The molecule has 22 heavy (non-hydrogen) atoms. The second kappa shape index (κ2) is 8.14. The molecule has 0 spiro atoms. The molecule has 2 aromatic rings. The molecule has 0 aromatic heterocycles. The highest BCUT2D eigenvalue weighted by Gasteiger charge is 2.13. The normalized spacial score (nSPS) is 9.86. The van der Waals surface area contributed by atoms with Crippen LogP contribution in [-0.4, -0.2) is 24.2 Å². The van der Waals surface area contributed by atoms with Crippen LogP contribution in [0.4, 0.5) is 5.69 Å². The first-order valence-electron chi connectivity index (χ1n) is 7.05. The van der Waals surface area contributed by atoms with Crippen molar-refractivity contribution in [3.05, 3.63) is 60.7 Å². The van der Waals surface area contributed by atoms with Crippen LogP contribution in [-0.2, 0) is 4.79 Å². The van der Waals surface area contributed by atoms with Gasteiger partial charge in [-0.25, -0.2) is 0 Å². The van der Waals surface area contributed by atoms with Gasteiger partial charge in [0.05, 0.1) is 0 Å². The molecule has 0 fully saturated rings. The second-order valence-corrected chi connectivity index (χ2v) is 4.92. The van der Waals surface area contributed by atoms with E-state index in [1.807, 2.05) is 60.4 Å². The monoisotopic (exact) mass is 314 g/mol. The minimum absolute atomic E-state index is 0.0729. The summed E-state index contributed by atoms with van der Waals surface area (Å²) in [7, 11) is 0. The molecule has 0 heterocycles. The summed E-state index contributed by atoms with van der Waals surface area (Å²) in [6, 6.07) is 18.9. The van der Waals surface area contributed by atoms with Crippen molar-refractivity contribution in [1.29, 1.82) is 0 Å². The zero-order valence-corrected chi connectivity index (χ0v) is 13.2. The lowest BCUT2D eigenvalue weighted by Crippen LogP contribution is -2.44. The summed E-state index contributed by atoms with van der Waals surface area (Å²) in [6.07, 6.45) is 0. The van der Waals surface area contributed by atoms with Crippen molar-refractivity contribution in [1.82, 2.24) is 5.32 Å². The molecule has 0 radical (unpaired) electrons. The Labute approximate surface area is 135 Å². The van der Waals surface area contributed by atoms with E-state index in [1.165, 1.54) is 0 Å². The van der Waals surface area contributed by atoms with Gasteiger partial charge in [0, 0.05) is 12.2 Å². The van der Waals surface area contributed by atoms with E-state index in [1.54, 1.807) is 12.1 Å². The van der Waals surface area contributed by atoms with Gasteiger partial charge in [0.2, 0.25) is 0 Å². The van der Waals surface area contributed by atoms with Gasteiger partial charge in [-0.2, -0.15) is 0 Å². The molecule has 0 bridgehead atoms. The van der Waals surface area contributed by atoms with Crippen molar-refractivity contribution in [2.24, 2.45) is 0 Å². The minimum Gasteiger partial charge on any atom is -0.484 e. The number of nitrogens with zero attached hydrogens (tertiary/aromatic N) is 1. The molecule has 4 nitrogen and oxygen atoms in total. The van der Waals surface area contributed by atoms with Gasteiger partial charge in [0.25, 0.3) is 5.91 Å². The number of nitrogens with one attached hydrogen (secondary N) is 1. The predicted octanol–water partition coefficient (Wildman–Crippen LogP) is 2.99. The third-order valence-electron chi connectivity index (χ3n) is 2.99. The van der Waals surface area contributed by atoms with Crippen LogP contribution in [0, 0.1) is 0 Å². The Balaban J connectivity index is 1.89. The molecule has 0 aliphatic rings. The van der Waals surface area contributed by atoms with E-state index < -0.39 is 0 Å². The summed E-state index contributed by atoms with van der Waals surface area (Å²) in [4.78, 5) is 13.8. The van der Waals surface area contributed by atoms with Crippen molar-refractivity contribution in [2.75, 3.05) is 18.1 Å². The SMILES string of the molecule is CCN(C(=S)NC(=O)COc1ccccc1)c1ccccc1. The summed E-state index contributed by atoms with van der Waals surface area (Å²) < 4.78 is 5.40. The summed E-state index contributed by atoms with van der Waals surface area (Å²) in [5.74, 6) is 0.377. The lowest BCUT2D eigenvalue weighted by Gasteiger charge is -2.23. The zero-order valence-electron chi connectivity index (χ0n) is 12.4. The van der Waals surface area contributed by atoms with Gasteiger partial charge < -0.3 is 9.64 Å². The number of hydrogen-bond acceptors (Lipinski definition) is 3. The average Bonchev–Trinajstić information content (AvgIpc) is 2.55. The lowest BCUT2D eigenvalue weighted by molar-refractivity contribution is -0.121. The van der Waals surface area contributed by atoms with E-state index in [9.17, 15) is 4.79 Å². The molecule has 0 aliphatic heterocycles. The van der Waals surface area contributed by atoms with E-state index in [0.29, 0.717) is 17.4 Å². The number of ether oxygens (including phenoxy) is 1. The number of anilines is 1. The van der Waals surface area contributed by atoms with E-state index in [0.717, 1.165) is 5.69 Å². The first-order valence-corrected chi connectivity index (χ1v) is 7.45. The summed E-state index contributed by atoms with van der Waals surface area (Å²) in [5, 5.41) is 3.06. The Kier molecular flexibility index (Phi) is 5.91. The minimum atomic E-state index is -0.275. The topological polar surface area (TPSA) is 41.6 Å². The first kappa shape index (κ1) is 16.0. The summed E-state index contributed by atoms with van der Waals surface area (Å²) >= 11 is 5.30. The van der Waals surface area contributed by atoms with Crippen molar-refractivity contribution >= 4 is 28.9 Å². The van der Waals surface area contributed by atoms with Crippen LogP contribution in [0.5, 0.6) is 5.75 Å². The molecular formula is C17H18N2O2S. The van der Waals surface area contributed by atoms with E-state index in [-0.39, 0.29) is 12.5 Å². The smallest absolute Gasteiger partial charge is 0.264 e. The van der Waals surface area contributed by atoms with Crippen molar-refractivity contribution in [3.8, 4) is 5.75 Å². The molecule has 0 saturated heterocycles. The second-order valence-electron chi connectivity index (χ2n) is 4.53. The quantitative estimate of drug-likeness (QED) is 0.862. The predicted molar refractivity (Wildman–Crippen MR) is 92.1 cm³/mol. The number of benzene rings is 2. The Morgan fingerprint density at radius 3 is 2.27 bits per heavy atom. The molecule has 2 rings (SSSR count). The summed E-state index contributed by atoms with van der Waals surface area (Å²) in [5.41, 5.74) is 0.944. The average molecular weight is 314 g/mol. The fraction of sp³-hybridized carbons (Fsp3) is 0.176. The molecule has 1 amide bonds. The first-order chi connectivity index (χ1) is 10.7. The number of carbonyl (C=O) groups is 1. The highest BCUT2D eigenvalue weighted by Crippen LogP contribution is 2.13. The fourth-order valence-corrected chi connectivity index (χ4v) is 2.29. The van der Waals surface area contributed by atoms with Crippen LogP contribution in [0.2, 0.25) is 0 Å². The highest BCUT2D eigenvalue weighted by molar-refractivity contribution is 7.80. The van der Waals surface area contributed by atoms with E-state index in [4.69, 9.17) is 17.0 Å². The van der Waals surface area contributed by atoms with Gasteiger partial charge in [-0.3, -0.25) is 10.1 Å². The van der Waals surface area contributed by atoms with Gasteiger partial charge in [-0.05, 0) is 43.4 Å². The molecule has 1 N–H and O–H groups in total. The fourth-order valence-electron chi connectivity index (χ4n) is 1.94. The Hall–Kier alpha value is -2.40. The Morgan fingerprint density at radius 1 is 1.09 bits per heavy atom.